The second-order valence-corrected chi connectivity index (χ2v) is 7.96. The van der Waals surface area contributed by atoms with E-state index in [4.69, 9.17) is 5.73 Å². The standard InChI is InChI=1S/C16H15FN4O2S2/c1-11-7-8-13(17)9-14(11)25(22,23)21-15(18)19-16(20-21)24-10-12-5-3-2-4-6-12/h2-9H,10H2,1H3,(H2,18,19,20). The maximum Gasteiger partial charge on any atom is 0.286 e. The van der Waals surface area contributed by atoms with Gasteiger partial charge in [0.05, 0.1) is 4.90 Å². The van der Waals surface area contributed by atoms with E-state index >= 15 is 0 Å². The molecule has 0 unspecified atom stereocenters. The molecular weight excluding hydrogens is 363 g/mol. The fourth-order valence-corrected chi connectivity index (χ4v) is 4.43. The summed E-state index contributed by atoms with van der Waals surface area (Å²) in [6.45, 7) is 1.57. The zero-order valence-electron chi connectivity index (χ0n) is 13.3. The number of benzene rings is 2. The van der Waals surface area contributed by atoms with Crippen LogP contribution >= 0.6 is 11.8 Å². The second kappa shape index (κ2) is 6.85. The normalized spacial score (nSPS) is 11.6. The molecule has 0 aliphatic heterocycles. The van der Waals surface area contributed by atoms with Gasteiger partial charge >= 0.3 is 0 Å². The molecule has 0 saturated heterocycles. The smallest absolute Gasteiger partial charge is 0.286 e. The van der Waals surface area contributed by atoms with Crippen LogP contribution in [0.4, 0.5) is 10.3 Å². The molecule has 9 heteroatoms. The Bertz CT molecular complexity index is 1000. The largest absolute Gasteiger partial charge is 0.367 e. The molecule has 3 aromatic rings. The molecule has 0 atom stereocenters. The van der Waals surface area contributed by atoms with Gasteiger partial charge in [0.25, 0.3) is 10.0 Å². The van der Waals surface area contributed by atoms with E-state index in [1.54, 1.807) is 6.92 Å². The maximum absolute atomic E-state index is 13.5. The predicted molar refractivity (Wildman–Crippen MR) is 94.2 cm³/mol. The zero-order chi connectivity index (χ0) is 18.0. The lowest BCUT2D eigenvalue weighted by molar-refractivity contribution is 0.575. The lowest BCUT2D eigenvalue weighted by atomic mass is 10.2. The van der Waals surface area contributed by atoms with Crippen LogP contribution in [0, 0.1) is 12.7 Å². The Kier molecular flexibility index (Phi) is 4.78. The highest BCUT2D eigenvalue weighted by molar-refractivity contribution is 7.98. The van der Waals surface area contributed by atoms with Gasteiger partial charge in [-0.3, -0.25) is 0 Å². The molecule has 0 aliphatic carbocycles. The van der Waals surface area contributed by atoms with E-state index in [0.29, 0.717) is 15.4 Å². The monoisotopic (exact) mass is 378 g/mol. The van der Waals surface area contributed by atoms with Gasteiger partial charge in [0.2, 0.25) is 11.1 Å². The van der Waals surface area contributed by atoms with Crippen molar-refractivity contribution in [2.24, 2.45) is 0 Å². The Morgan fingerprint density at radius 3 is 2.64 bits per heavy atom. The van der Waals surface area contributed by atoms with Crippen molar-refractivity contribution in [3.8, 4) is 0 Å². The predicted octanol–water partition coefficient (Wildman–Crippen LogP) is 2.84. The number of nitrogens with zero attached hydrogens (tertiary/aromatic N) is 3. The fraction of sp³-hybridized carbons (Fsp3) is 0.125. The molecule has 130 valence electrons. The number of aryl methyl sites for hydroxylation is 1. The van der Waals surface area contributed by atoms with Gasteiger partial charge in [-0.2, -0.15) is 13.4 Å². The van der Waals surface area contributed by atoms with Crippen molar-refractivity contribution in [2.45, 2.75) is 22.7 Å². The first-order valence-electron chi connectivity index (χ1n) is 7.29. The Balaban J connectivity index is 1.90. The number of aromatic nitrogens is 3. The van der Waals surface area contributed by atoms with Crippen LogP contribution in [0.5, 0.6) is 0 Å². The topological polar surface area (TPSA) is 90.9 Å². The van der Waals surface area contributed by atoms with Gasteiger partial charge in [-0.15, -0.1) is 9.19 Å². The molecule has 0 radical (unpaired) electrons. The summed E-state index contributed by atoms with van der Waals surface area (Å²) in [6.07, 6.45) is 0. The summed E-state index contributed by atoms with van der Waals surface area (Å²) in [7, 11) is -4.12. The molecule has 2 N–H and O–H groups in total. The van der Waals surface area contributed by atoms with Gasteiger partial charge < -0.3 is 5.73 Å². The third kappa shape index (κ3) is 3.67. The summed E-state index contributed by atoms with van der Waals surface area (Å²) >= 11 is 1.27. The van der Waals surface area contributed by atoms with Crippen LogP contribution in [-0.4, -0.2) is 22.6 Å². The maximum atomic E-state index is 13.5. The zero-order valence-corrected chi connectivity index (χ0v) is 14.9. The first-order valence-corrected chi connectivity index (χ1v) is 9.71. The van der Waals surface area contributed by atoms with Gasteiger partial charge in [0.1, 0.15) is 5.82 Å². The first-order chi connectivity index (χ1) is 11.9. The summed E-state index contributed by atoms with van der Waals surface area (Å²) in [6, 6.07) is 13.2. The molecule has 1 aromatic heterocycles. The quantitative estimate of drug-likeness (QED) is 0.687. The van der Waals surface area contributed by atoms with Gasteiger partial charge in [-0.1, -0.05) is 48.2 Å². The number of hydrogen-bond acceptors (Lipinski definition) is 6. The molecule has 25 heavy (non-hydrogen) atoms. The van der Waals surface area contributed by atoms with E-state index in [-0.39, 0.29) is 16.0 Å². The lowest BCUT2D eigenvalue weighted by Crippen LogP contribution is -2.18. The van der Waals surface area contributed by atoms with Crippen LogP contribution in [-0.2, 0) is 15.8 Å². The molecule has 0 spiro atoms. The molecule has 0 fully saturated rings. The number of nitrogens with two attached hydrogens (primary N) is 1. The van der Waals surface area contributed by atoms with Crippen molar-refractivity contribution in [1.29, 1.82) is 0 Å². The first kappa shape index (κ1) is 17.4. The van der Waals surface area contributed by atoms with Crippen LogP contribution in [0.25, 0.3) is 0 Å². The Hall–Kier alpha value is -2.39. The third-order valence-corrected chi connectivity index (χ3v) is 6.08. The van der Waals surface area contributed by atoms with Crippen molar-refractivity contribution in [1.82, 2.24) is 14.2 Å². The number of rotatable bonds is 5. The summed E-state index contributed by atoms with van der Waals surface area (Å²) in [5.41, 5.74) is 7.17. The van der Waals surface area contributed by atoms with Gasteiger partial charge in [0.15, 0.2) is 0 Å². The molecule has 3 rings (SSSR count). The van der Waals surface area contributed by atoms with Crippen molar-refractivity contribution in [3.05, 3.63) is 65.5 Å². The summed E-state index contributed by atoms with van der Waals surface area (Å²) in [4.78, 5) is 3.80. The Labute approximate surface area is 148 Å². The van der Waals surface area contributed by atoms with Crippen molar-refractivity contribution >= 4 is 27.7 Å². The van der Waals surface area contributed by atoms with Gasteiger partial charge in [-0.05, 0) is 30.2 Å². The Morgan fingerprint density at radius 1 is 1.20 bits per heavy atom. The highest BCUT2D eigenvalue weighted by Crippen LogP contribution is 2.24. The summed E-state index contributed by atoms with van der Waals surface area (Å²) in [5.74, 6) is -0.343. The van der Waals surface area contributed by atoms with E-state index in [2.05, 4.69) is 10.1 Å². The van der Waals surface area contributed by atoms with Crippen LogP contribution in [0.1, 0.15) is 11.1 Å². The number of nitrogen functional groups attached to an aromatic ring is 1. The molecule has 0 bridgehead atoms. The molecule has 0 saturated carbocycles. The van der Waals surface area contributed by atoms with Crippen LogP contribution in [0.2, 0.25) is 0 Å². The Morgan fingerprint density at radius 2 is 1.92 bits per heavy atom. The van der Waals surface area contributed by atoms with Gasteiger partial charge in [0, 0.05) is 5.75 Å². The van der Waals surface area contributed by atoms with E-state index in [1.807, 2.05) is 30.3 Å². The molecule has 0 amide bonds. The number of hydrogen-bond donors (Lipinski definition) is 1. The highest BCUT2D eigenvalue weighted by atomic mass is 32.2. The molecule has 1 heterocycles. The fourth-order valence-electron chi connectivity index (χ4n) is 2.20. The summed E-state index contributed by atoms with van der Waals surface area (Å²) in [5, 5.41) is 4.21. The van der Waals surface area contributed by atoms with E-state index in [0.717, 1.165) is 11.6 Å². The average Bonchev–Trinajstić information content (AvgIpc) is 2.98. The minimum Gasteiger partial charge on any atom is -0.367 e. The third-order valence-electron chi connectivity index (χ3n) is 3.45. The number of thioether (sulfide) groups is 1. The van der Waals surface area contributed by atoms with E-state index in [9.17, 15) is 12.8 Å². The molecule has 6 nitrogen and oxygen atoms in total. The van der Waals surface area contributed by atoms with Crippen LogP contribution in [0.15, 0.2) is 58.6 Å². The van der Waals surface area contributed by atoms with E-state index in [1.165, 1.54) is 23.9 Å². The molecule has 2 aromatic carbocycles. The SMILES string of the molecule is Cc1ccc(F)cc1S(=O)(=O)n1nc(SCc2ccccc2)nc1N. The second-order valence-electron chi connectivity index (χ2n) is 5.28. The van der Waals surface area contributed by atoms with Gasteiger partial charge in [-0.25, -0.2) is 4.39 Å². The molecular formula is C16H15FN4O2S2. The summed E-state index contributed by atoms with van der Waals surface area (Å²) < 4.78 is 39.5. The van der Waals surface area contributed by atoms with E-state index < -0.39 is 15.8 Å². The van der Waals surface area contributed by atoms with Crippen molar-refractivity contribution < 1.29 is 12.8 Å². The minimum atomic E-state index is -4.12. The molecule has 0 aliphatic rings. The average molecular weight is 378 g/mol. The lowest BCUT2D eigenvalue weighted by Gasteiger charge is -2.08. The van der Waals surface area contributed by atoms with Crippen molar-refractivity contribution in [2.75, 3.05) is 5.73 Å². The highest BCUT2D eigenvalue weighted by Gasteiger charge is 2.25. The minimum absolute atomic E-state index is 0.191. The van der Waals surface area contributed by atoms with Crippen LogP contribution < -0.4 is 5.73 Å². The number of halogens is 1. The number of anilines is 1. The van der Waals surface area contributed by atoms with Crippen molar-refractivity contribution in [3.63, 3.8) is 0 Å². The van der Waals surface area contributed by atoms with Crippen LogP contribution in [0.3, 0.4) is 0 Å².